The van der Waals surface area contributed by atoms with Gasteiger partial charge >= 0.3 is 6.18 Å². The zero-order valence-corrected chi connectivity index (χ0v) is 5.15. The molecule has 0 saturated heterocycles. The number of halogens is 3. The van der Waals surface area contributed by atoms with Crippen LogP contribution in [0.25, 0.3) is 0 Å². The van der Waals surface area contributed by atoms with Gasteiger partial charge in [-0.3, -0.25) is 0 Å². The maximum absolute atomic E-state index is 11.8. The van der Waals surface area contributed by atoms with E-state index in [0.717, 1.165) is 6.08 Å². The molecule has 1 nitrogen and oxygen atoms in total. The van der Waals surface area contributed by atoms with Gasteiger partial charge in [-0.25, -0.2) is 0 Å². The lowest BCUT2D eigenvalue weighted by Gasteiger charge is -2.06. The Hall–Kier alpha value is -0.510. The van der Waals surface area contributed by atoms with E-state index in [2.05, 4.69) is 0 Å². The van der Waals surface area contributed by atoms with Crippen molar-refractivity contribution in [1.29, 1.82) is 0 Å². The Kier molecular flexibility index (Phi) is 1.72. The molecular weight excluding hydrogens is 145 g/mol. The van der Waals surface area contributed by atoms with E-state index in [1.807, 2.05) is 0 Å². The van der Waals surface area contributed by atoms with Crippen molar-refractivity contribution in [3.05, 3.63) is 11.6 Å². The minimum atomic E-state index is -4.24. The summed E-state index contributed by atoms with van der Waals surface area (Å²) in [5, 5.41) is 8.71. The van der Waals surface area contributed by atoms with Crippen LogP contribution in [0.2, 0.25) is 0 Å². The highest BCUT2D eigenvalue weighted by atomic mass is 19.4. The zero-order valence-electron chi connectivity index (χ0n) is 5.15. The molecule has 0 amide bonds. The summed E-state index contributed by atoms with van der Waals surface area (Å²) in [5.74, 6) is 0. The predicted molar refractivity (Wildman–Crippen MR) is 29.4 cm³/mol. The molecule has 58 valence electrons. The number of hydrogen-bond donors (Lipinski definition) is 1. The number of aliphatic hydroxyl groups excluding tert-OH is 1. The average molecular weight is 152 g/mol. The van der Waals surface area contributed by atoms with Crippen molar-refractivity contribution < 1.29 is 18.3 Å². The summed E-state index contributed by atoms with van der Waals surface area (Å²) in [4.78, 5) is 0. The molecular formula is C6H7F3O. The van der Waals surface area contributed by atoms with Crippen molar-refractivity contribution in [2.24, 2.45) is 0 Å². The molecule has 0 saturated carbocycles. The van der Waals surface area contributed by atoms with Gasteiger partial charge in [0.15, 0.2) is 0 Å². The maximum atomic E-state index is 11.8. The van der Waals surface area contributed by atoms with Crippen LogP contribution in [-0.4, -0.2) is 17.4 Å². The first-order chi connectivity index (χ1) is 4.50. The molecule has 0 aromatic carbocycles. The molecule has 0 fully saturated rings. The van der Waals surface area contributed by atoms with E-state index in [1.54, 1.807) is 0 Å². The van der Waals surface area contributed by atoms with E-state index in [0.29, 0.717) is 0 Å². The molecule has 1 aliphatic carbocycles. The highest BCUT2D eigenvalue weighted by Crippen LogP contribution is 2.33. The number of hydrogen-bond acceptors (Lipinski definition) is 1. The largest absolute Gasteiger partial charge is 0.412 e. The van der Waals surface area contributed by atoms with Gasteiger partial charge in [-0.15, -0.1) is 0 Å². The third-order valence-corrected chi connectivity index (χ3v) is 1.46. The molecule has 0 aliphatic heterocycles. The maximum Gasteiger partial charge on any atom is 0.412 e. The Morgan fingerprint density at radius 2 is 2.10 bits per heavy atom. The molecule has 1 unspecified atom stereocenters. The molecule has 0 aromatic heterocycles. The van der Waals surface area contributed by atoms with Crippen LogP contribution in [0.5, 0.6) is 0 Å². The summed E-state index contributed by atoms with van der Waals surface area (Å²) < 4.78 is 35.3. The first-order valence-corrected chi connectivity index (χ1v) is 2.94. The van der Waals surface area contributed by atoms with Crippen molar-refractivity contribution >= 4 is 0 Å². The van der Waals surface area contributed by atoms with Crippen LogP contribution >= 0.6 is 0 Å². The Morgan fingerprint density at radius 3 is 2.30 bits per heavy atom. The van der Waals surface area contributed by atoms with Crippen LogP contribution in [0.4, 0.5) is 13.2 Å². The fourth-order valence-electron chi connectivity index (χ4n) is 0.930. The minimum Gasteiger partial charge on any atom is -0.392 e. The van der Waals surface area contributed by atoms with Crippen molar-refractivity contribution in [2.75, 3.05) is 0 Å². The molecule has 1 rings (SSSR count). The van der Waals surface area contributed by atoms with Gasteiger partial charge in [0.1, 0.15) is 0 Å². The molecule has 0 bridgehead atoms. The van der Waals surface area contributed by atoms with Crippen LogP contribution in [-0.2, 0) is 0 Å². The van der Waals surface area contributed by atoms with Crippen LogP contribution in [0, 0.1) is 0 Å². The lowest BCUT2D eigenvalue weighted by Crippen LogP contribution is -2.12. The SMILES string of the molecule is OC1CC=C(C(F)(F)F)C1. The number of alkyl halides is 3. The second kappa shape index (κ2) is 2.27. The van der Waals surface area contributed by atoms with Crippen molar-refractivity contribution in [3.8, 4) is 0 Å². The third kappa shape index (κ3) is 1.50. The Morgan fingerprint density at radius 1 is 1.50 bits per heavy atom. The second-order valence-corrected chi connectivity index (χ2v) is 2.32. The Bertz CT molecular complexity index is 159. The van der Waals surface area contributed by atoms with Gasteiger partial charge in [0, 0.05) is 12.0 Å². The Balaban J connectivity index is 2.60. The second-order valence-electron chi connectivity index (χ2n) is 2.32. The zero-order chi connectivity index (χ0) is 7.78. The molecule has 1 N–H and O–H groups in total. The van der Waals surface area contributed by atoms with Crippen molar-refractivity contribution in [1.82, 2.24) is 0 Å². The standard InChI is InChI=1S/C6H7F3O/c7-6(8,9)4-1-2-5(10)3-4/h1,5,10H,2-3H2. The van der Waals surface area contributed by atoms with Crippen molar-refractivity contribution in [3.63, 3.8) is 0 Å². The van der Waals surface area contributed by atoms with Gasteiger partial charge < -0.3 is 5.11 Å². The molecule has 0 heterocycles. The molecule has 4 heteroatoms. The highest BCUT2D eigenvalue weighted by molar-refractivity contribution is 5.15. The molecule has 0 aromatic rings. The van der Waals surface area contributed by atoms with E-state index in [1.165, 1.54) is 0 Å². The smallest absolute Gasteiger partial charge is 0.392 e. The fourth-order valence-corrected chi connectivity index (χ4v) is 0.930. The van der Waals surface area contributed by atoms with Crippen molar-refractivity contribution in [2.45, 2.75) is 25.1 Å². The summed E-state index contributed by atoms with van der Waals surface area (Å²) in [6.07, 6.45) is -4.13. The first kappa shape index (κ1) is 7.60. The van der Waals surface area contributed by atoms with Crippen LogP contribution in [0.1, 0.15) is 12.8 Å². The summed E-state index contributed by atoms with van der Waals surface area (Å²) in [6.45, 7) is 0. The molecule has 0 spiro atoms. The van der Waals surface area contributed by atoms with E-state index in [-0.39, 0.29) is 12.8 Å². The molecule has 0 radical (unpaired) electrons. The minimum absolute atomic E-state index is 0.134. The number of rotatable bonds is 0. The van der Waals surface area contributed by atoms with Crippen LogP contribution in [0.3, 0.4) is 0 Å². The molecule has 1 aliphatic rings. The van der Waals surface area contributed by atoms with Crippen LogP contribution < -0.4 is 0 Å². The highest BCUT2D eigenvalue weighted by Gasteiger charge is 2.36. The Labute approximate surface area is 56.2 Å². The monoisotopic (exact) mass is 152 g/mol. The lowest BCUT2D eigenvalue weighted by molar-refractivity contribution is -0.0948. The summed E-state index contributed by atoms with van der Waals surface area (Å²) in [5.41, 5.74) is -0.597. The number of aliphatic hydroxyl groups is 1. The van der Waals surface area contributed by atoms with E-state index >= 15 is 0 Å². The summed E-state index contributed by atoms with van der Waals surface area (Å²) >= 11 is 0. The third-order valence-electron chi connectivity index (χ3n) is 1.46. The molecule has 1 atom stereocenters. The summed E-state index contributed by atoms with van der Waals surface area (Å²) in [7, 11) is 0. The lowest BCUT2D eigenvalue weighted by atomic mass is 10.2. The fraction of sp³-hybridized carbons (Fsp3) is 0.667. The van der Waals surface area contributed by atoms with Gasteiger partial charge in [-0.05, 0) is 6.42 Å². The van der Waals surface area contributed by atoms with E-state index in [9.17, 15) is 13.2 Å². The predicted octanol–water partition coefficient (Wildman–Crippen LogP) is 1.63. The topological polar surface area (TPSA) is 20.2 Å². The van der Waals surface area contributed by atoms with Gasteiger partial charge in [-0.1, -0.05) is 6.08 Å². The van der Waals surface area contributed by atoms with Gasteiger partial charge in [0.25, 0.3) is 0 Å². The first-order valence-electron chi connectivity index (χ1n) is 2.94. The average Bonchev–Trinajstić information content (AvgIpc) is 2.11. The van der Waals surface area contributed by atoms with E-state index in [4.69, 9.17) is 5.11 Å². The van der Waals surface area contributed by atoms with Gasteiger partial charge in [-0.2, -0.15) is 13.2 Å². The summed E-state index contributed by atoms with van der Waals surface area (Å²) in [6, 6.07) is 0. The van der Waals surface area contributed by atoms with Gasteiger partial charge in [0.2, 0.25) is 0 Å². The van der Waals surface area contributed by atoms with E-state index < -0.39 is 17.9 Å². The normalized spacial score (nSPS) is 26.8. The van der Waals surface area contributed by atoms with Gasteiger partial charge in [0.05, 0.1) is 6.10 Å². The van der Waals surface area contributed by atoms with Crippen LogP contribution in [0.15, 0.2) is 11.6 Å². The molecule has 10 heavy (non-hydrogen) atoms. The quantitative estimate of drug-likeness (QED) is 0.523.